The molecule has 0 bridgehead atoms. The van der Waals surface area contributed by atoms with Crippen LogP contribution in [0.3, 0.4) is 0 Å². The lowest BCUT2D eigenvalue weighted by atomic mass is 10.1. The zero-order chi connectivity index (χ0) is 12.3. The van der Waals surface area contributed by atoms with E-state index in [0.29, 0.717) is 6.54 Å². The second-order valence-electron chi connectivity index (χ2n) is 4.28. The Labute approximate surface area is 102 Å². The van der Waals surface area contributed by atoms with E-state index < -0.39 is 0 Å². The molecule has 88 valence electrons. The van der Waals surface area contributed by atoms with Crippen LogP contribution in [-0.2, 0) is 6.54 Å². The summed E-state index contributed by atoms with van der Waals surface area (Å²) < 4.78 is 0. The first-order valence-electron chi connectivity index (χ1n) is 5.83. The topological polar surface area (TPSA) is 38.0 Å². The number of benzene rings is 2. The maximum Gasteiger partial charge on any atom is 0.0416 e. The molecule has 0 aliphatic rings. The number of hydrogen-bond donors (Lipinski definition) is 2. The molecule has 0 heterocycles. The maximum atomic E-state index is 5.64. The highest BCUT2D eigenvalue weighted by Gasteiger charge is 2.01. The minimum atomic E-state index is 0.572. The van der Waals surface area contributed by atoms with Gasteiger partial charge >= 0.3 is 0 Å². The van der Waals surface area contributed by atoms with Gasteiger partial charge in [0.2, 0.25) is 0 Å². The molecule has 0 aromatic heterocycles. The summed E-state index contributed by atoms with van der Waals surface area (Å²) in [5.74, 6) is 0. The lowest BCUT2D eigenvalue weighted by Crippen LogP contribution is -1.98. The smallest absolute Gasteiger partial charge is 0.0416 e. The van der Waals surface area contributed by atoms with Crippen molar-refractivity contribution in [1.82, 2.24) is 0 Å². The summed E-state index contributed by atoms with van der Waals surface area (Å²) in [5.41, 5.74) is 11.6. The minimum Gasteiger partial charge on any atom is -0.355 e. The van der Waals surface area contributed by atoms with Crippen LogP contribution in [0.2, 0.25) is 0 Å². The van der Waals surface area contributed by atoms with Crippen LogP contribution in [0.5, 0.6) is 0 Å². The van der Waals surface area contributed by atoms with Gasteiger partial charge in [-0.15, -0.1) is 0 Å². The van der Waals surface area contributed by atoms with Gasteiger partial charge < -0.3 is 11.1 Å². The molecular formula is C15H18N2. The molecule has 17 heavy (non-hydrogen) atoms. The van der Waals surface area contributed by atoms with Crippen LogP contribution >= 0.6 is 0 Å². The molecule has 3 N–H and O–H groups in total. The van der Waals surface area contributed by atoms with Crippen LogP contribution < -0.4 is 11.1 Å². The Morgan fingerprint density at radius 3 is 2.59 bits per heavy atom. The molecule has 0 aliphatic carbocycles. The van der Waals surface area contributed by atoms with Crippen molar-refractivity contribution < 1.29 is 0 Å². The van der Waals surface area contributed by atoms with E-state index in [-0.39, 0.29) is 0 Å². The third kappa shape index (κ3) is 2.66. The molecule has 0 saturated carbocycles. The SMILES string of the molecule is Cc1cccc(Nc2cccc(CN)c2)c1C. The van der Waals surface area contributed by atoms with Crippen molar-refractivity contribution in [1.29, 1.82) is 0 Å². The molecule has 2 heteroatoms. The predicted molar refractivity (Wildman–Crippen MR) is 73.5 cm³/mol. The number of rotatable bonds is 3. The fourth-order valence-electron chi connectivity index (χ4n) is 1.82. The number of nitrogens with two attached hydrogens (primary N) is 1. The van der Waals surface area contributed by atoms with Crippen LogP contribution in [0.25, 0.3) is 0 Å². The summed E-state index contributed by atoms with van der Waals surface area (Å²) in [7, 11) is 0. The summed E-state index contributed by atoms with van der Waals surface area (Å²) >= 11 is 0. The number of hydrogen-bond acceptors (Lipinski definition) is 2. The van der Waals surface area contributed by atoms with Crippen molar-refractivity contribution in [3.63, 3.8) is 0 Å². The van der Waals surface area contributed by atoms with Crippen LogP contribution in [0.15, 0.2) is 42.5 Å². The first-order valence-corrected chi connectivity index (χ1v) is 5.83. The third-order valence-electron chi connectivity index (χ3n) is 3.05. The van der Waals surface area contributed by atoms with Crippen molar-refractivity contribution >= 4 is 11.4 Å². The van der Waals surface area contributed by atoms with Gasteiger partial charge in [-0.25, -0.2) is 0 Å². The average molecular weight is 226 g/mol. The third-order valence-corrected chi connectivity index (χ3v) is 3.05. The fraction of sp³-hybridized carbons (Fsp3) is 0.200. The van der Waals surface area contributed by atoms with Crippen LogP contribution in [0, 0.1) is 13.8 Å². The van der Waals surface area contributed by atoms with Gasteiger partial charge in [-0.1, -0.05) is 24.3 Å². The van der Waals surface area contributed by atoms with Gasteiger partial charge in [-0.3, -0.25) is 0 Å². The second kappa shape index (κ2) is 5.02. The molecular weight excluding hydrogens is 208 g/mol. The standard InChI is InChI=1S/C15H18N2/c1-11-5-3-8-15(12(11)2)17-14-7-4-6-13(9-14)10-16/h3-9,17H,10,16H2,1-2H3. The highest BCUT2D eigenvalue weighted by Crippen LogP contribution is 2.23. The molecule has 2 rings (SSSR count). The van der Waals surface area contributed by atoms with Crippen molar-refractivity contribution in [3.8, 4) is 0 Å². The summed E-state index contributed by atoms with van der Waals surface area (Å²) in [6, 6.07) is 14.5. The minimum absolute atomic E-state index is 0.572. The Kier molecular flexibility index (Phi) is 3.45. The summed E-state index contributed by atoms with van der Waals surface area (Å²) in [6.07, 6.45) is 0. The molecule has 0 radical (unpaired) electrons. The fourth-order valence-corrected chi connectivity index (χ4v) is 1.82. The molecule has 0 saturated heterocycles. The Balaban J connectivity index is 2.28. The zero-order valence-electron chi connectivity index (χ0n) is 10.3. The van der Waals surface area contributed by atoms with Crippen molar-refractivity contribution in [2.24, 2.45) is 5.73 Å². The van der Waals surface area contributed by atoms with Crippen LogP contribution in [0.4, 0.5) is 11.4 Å². The van der Waals surface area contributed by atoms with Gasteiger partial charge in [0.1, 0.15) is 0 Å². The first-order chi connectivity index (χ1) is 8.20. The zero-order valence-corrected chi connectivity index (χ0v) is 10.3. The molecule has 0 unspecified atom stereocenters. The largest absolute Gasteiger partial charge is 0.355 e. The van der Waals surface area contributed by atoms with Crippen molar-refractivity contribution in [2.75, 3.05) is 5.32 Å². The van der Waals surface area contributed by atoms with E-state index in [0.717, 1.165) is 16.9 Å². The van der Waals surface area contributed by atoms with E-state index in [2.05, 4.69) is 49.5 Å². The molecule has 0 spiro atoms. The van der Waals surface area contributed by atoms with Gasteiger partial charge in [-0.2, -0.15) is 0 Å². The normalized spacial score (nSPS) is 10.3. The lowest BCUT2D eigenvalue weighted by Gasteiger charge is -2.12. The Morgan fingerprint density at radius 2 is 1.82 bits per heavy atom. The van der Waals surface area contributed by atoms with Gasteiger partial charge in [0, 0.05) is 17.9 Å². The Morgan fingerprint density at radius 1 is 1.06 bits per heavy atom. The van der Waals surface area contributed by atoms with E-state index in [1.165, 1.54) is 11.1 Å². The van der Waals surface area contributed by atoms with E-state index in [4.69, 9.17) is 5.73 Å². The van der Waals surface area contributed by atoms with E-state index in [1.807, 2.05) is 12.1 Å². The first kappa shape index (κ1) is 11.7. The number of anilines is 2. The number of aryl methyl sites for hydroxylation is 1. The quantitative estimate of drug-likeness (QED) is 0.840. The van der Waals surface area contributed by atoms with Crippen molar-refractivity contribution in [2.45, 2.75) is 20.4 Å². The molecule has 2 aromatic rings. The summed E-state index contributed by atoms with van der Waals surface area (Å²) in [5, 5.41) is 3.43. The number of nitrogens with one attached hydrogen (secondary N) is 1. The lowest BCUT2D eigenvalue weighted by molar-refractivity contribution is 1.07. The summed E-state index contributed by atoms with van der Waals surface area (Å²) in [4.78, 5) is 0. The van der Waals surface area contributed by atoms with E-state index in [1.54, 1.807) is 0 Å². The van der Waals surface area contributed by atoms with Crippen LogP contribution in [0.1, 0.15) is 16.7 Å². The molecule has 0 atom stereocenters. The Bertz CT molecular complexity index is 518. The highest BCUT2D eigenvalue weighted by molar-refractivity contribution is 5.64. The monoisotopic (exact) mass is 226 g/mol. The molecule has 2 aromatic carbocycles. The van der Waals surface area contributed by atoms with E-state index >= 15 is 0 Å². The average Bonchev–Trinajstić information content (AvgIpc) is 2.35. The molecule has 0 amide bonds. The Hall–Kier alpha value is -1.80. The van der Waals surface area contributed by atoms with Crippen molar-refractivity contribution in [3.05, 3.63) is 59.2 Å². The summed E-state index contributed by atoms with van der Waals surface area (Å²) in [6.45, 7) is 4.82. The molecule has 0 aliphatic heterocycles. The van der Waals surface area contributed by atoms with Gasteiger partial charge in [0.15, 0.2) is 0 Å². The van der Waals surface area contributed by atoms with E-state index in [9.17, 15) is 0 Å². The highest BCUT2D eigenvalue weighted by atomic mass is 14.9. The van der Waals surface area contributed by atoms with Gasteiger partial charge in [0.05, 0.1) is 0 Å². The second-order valence-corrected chi connectivity index (χ2v) is 4.28. The van der Waals surface area contributed by atoms with Gasteiger partial charge in [-0.05, 0) is 48.7 Å². The maximum absolute atomic E-state index is 5.64. The molecule has 2 nitrogen and oxygen atoms in total. The van der Waals surface area contributed by atoms with Crippen LogP contribution in [-0.4, -0.2) is 0 Å². The molecule has 0 fully saturated rings. The predicted octanol–water partition coefficient (Wildman–Crippen LogP) is 3.51. The van der Waals surface area contributed by atoms with Gasteiger partial charge in [0.25, 0.3) is 0 Å².